The zero-order valence-corrected chi connectivity index (χ0v) is 9.57. The highest BCUT2D eigenvalue weighted by Crippen LogP contribution is 2.12. The van der Waals surface area contributed by atoms with Crippen LogP contribution in [-0.2, 0) is 4.79 Å². The van der Waals surface area contributed by atoms with Gasteiger partial charge in [-0.3, -0.25) is 4.79 Å². The minimum atomic E-state index is -0.525. The predicted octanol–water partition coefficient (Wildman–Crippen LogP) is 2.21. The van der Waals surface area contributed by atoms with Gasteiger partial charge in [-0.15, -0.1) is 0 Å². The van der Waals surface area contributed by atoms with Crippen LogP contribution < -0.4 is 10.2 Å². The van der Waals surface area contributed by atoms with Crippen LogP contribution in [0.5, 0.6) is 5.75 Å². The molecule has 0 N–H and O–H groups in total. The lowest BCUT2D eigenvalue weighted by molar-refractivity contribution is -0.130. The molecule has 1 aromatic rings. The van der Waals surface area contributed by atoms with Crippen molar-refractivity contribution in [1.82, 2.24) is 0 Å². The highest BCUT2D eigenvalue weighted by atomic mass is 16.5. The van der Waals surface area contributed by atoms with Crippen molar-refractivity contribution in [3.8, 4) is 5.75 Å². The summed E-state index contributed by atoms with van der Waals surface area (Å²) in [7, 11) is 0. The van der Waals surface area contributed by atoms with E-state index < -0.39 is 5.97 Å². The predicted molar refractivity (Wildman–Crippen MR) is 59.4 cm³/mol. The fourth-order valence-corrected chi connectivity index (χ4v) is 1.19. The van der Waals surface area contributed by atoms with Gasteiger partial charge in [0.15, 0.2) is 0 Å². The van der Waals surface area contributed by atoms with Crippen molar-refractivity contribution in [2.24, 2.45) is 0 Å². The molecule has 4 nitrogen and oxygen atoms in total. The van der Waals surface area contributed by atoms with Gasteiger partial charge in [-0.2, -0.15) is 0 Å². The largest absolute Gasteiger partial charge is 0.465 e. The molecule has 0 saturated heterocycles. The summed E-state index contributed by atoms with van der Waals surface area (Å²) >= 11 is 0. The maximum Gasteiger partial charge on any atom is 0.339 e. The van der Waals surface area contributed by atoms with Crippen molar-refractivity contribution in [1.29, 1.82) is 0 Å². The van der Waals surface area contributed by atoms with Crippen LogP contribution in [0, 0.1) is 6.92 Å². The molecule has 0 bridgehead atoms. The molecular formula is C12H14O4. The number of aryl methyl sites for hydroxylation is 1. The van der Waals surface area contributed by atoms with Crippen LogP contribution in [0.25, 0.3) is 0 Å². The van der Waals surface area contributed by atoms with Crippen LogP contribution in [0.1, 0.15) is 26.0 Å². The fourth-order valence-electron chi connectivity index (χ4n) is 1.19. The zero-order chi connectivity index (χ0) is 12.1. The minimum absolute atomic E-state index is 0.0450. The number of ether oxygens (including phenoxy) is 1. The van der Waals surface area contributed by atoms with E-state index in [-0.39, 0.29) is 11.2 Å². The molecule has 0 aliphatic heterocycles. The standard InChI is InChI=1S/C12H14O4/c1-4-5-8(2)12(14)16-11-9(3)15-7-6-10(11)13/h5-7H,4H2,1-3H3/b8-5+. The molecule has 1 heterocycles. The Hall–Kier alpha value is -1.84. The minimum Gasteiger partial charge on any atom is -0.465 e. The van der Waals surface area contributed by atoms with Crippen molar-refractivity contribution in [2.45, 2.75) is 27.2 Å². The van der Waals surface area contributed by atoms with E-state index in [4.69, 9.17) is 9.15 Å². The number of rotatable bonds is 3. The Labute approximate surface area is 93.5 Å². The number of hydrogen-bond donors (Lipinski definition) is 0. The lowest BCUT2D eigenvalue weighted by atomic mass is 10.2. The number of carbonyl (C=O) groups is 1. The second-order valence-electron chi connectivity index (χ2n) is 3.36. The molecule has 0 aliphatic rings. The van der Waals surface area contributed by atoms with E-state index in [1.165, 1.54) is 12.3 Å². The monoisotopic (exact) mass is 222 g/mol. The van der Waals surface area contributed by atoms with Crippen LogP contribution in [0.2, 0.25) is 0 Å². The van der Waals surface area contributed by atoms with Gasteiger partial charge in [0.25, 0.3) is 0 Å². The van der Waals surface area contributed by atoms with Crippen LogP contribution in [0.4, 0.5) is 0 Å². The van der Waals surface area contributed by atoms with Gasteiger partial charge >= 0.3 is 5.97 Å². The van der Waals surface area contributed by atoms with Crippen molar-refractivity contribution < 1.29 is 13.9 Å². The molecule has 0 saturated carbocycles. The van der Waals surface area contributed by atoms with Gasteiger partial charge in [-0.25, -0.2) is 4.79 Å². The molecule has 86 valence electrons. The summed E-state index contributed by atoms with van der Waals surface area (Å²) in [6.07, 6.45) is 3.75. The topological polar surface area (TPSA) is 56.5 Å². The van der Waals surface area contributed by atoms with Gasteiger partial charge < -0.3 is 9.15 Å². The van der Waals surface area contributed by atoms with Crippen molar-refractivity contribution >= 4 is 5.97 Å². The van der Waals surface area contributed by atoms with Crippen LogP contribution in [-0.4, -0.2) is 5.97 Å². The molecule has 0 atom stereocenters. The molecule has 0 spiro atoms. The molecule has 0 fully saturated rings. The van der Waals surface area contributed by atoms with E-state index in [0.29, 0.717) is 11.3 Å². The van der Waals surface area contributed by atoms with Crippen molar-refractivity contribution in [2.75, 3.05) is 0 Å². The third-order valence-electron chi connectivity index (χ3n) is 2.03. The first-order valence-corrected chi connectivity index (χ1v) is 5.03. The Balaban J connectivity index is 2.94. The van der Waals surface area contributed by atoms with Gasteiger partial charge in [0.1, 0.15) is 5.76 Å². The van der Waals surface area contributed by atoms with E-state index >= 15 is 0 Å². The lowest BCUT2D eigenvalue weighted by Gasteiger charge is -2.04. The summed E-state index contributed by atoms with van der Waals surface area (Å²) in [6, 6.07) is 1.22. The number of allylic oxidation sites excluding steroid dienone is 1. The third kappa shape index (κ3) is 2.82. The van der Waals surface area contributed by atoms with E-state index in [2.05, 4.69) is 0 Å². The molecule has 0 aliphatic carbocycles. The molecule has 0 amide bonds. The normalized spacial score (nSPS) is 11.3. The van der Waals surface area contributed by atoms with Crippen molar-refractivity contribution in [3.63, 3.8) is 0 Å². The summed E-state index contributed by atoms with van der Waals surface area (Å²) in [4.78, 5) is 22.9. The smallest absolute Gasteiger partial charge is 0.339 e. The number of esters is 1. The summed E-state index contributed by atoms with van der Waals surface area (Å²) in [5, 5.41) is 0. The first-order valence-electron chi connectivity index (χ1n) is 5.03. The van der Waals surface area contributed by atoms with Crippen LogP contribution >= 0.6 is 0 Å². The Kier molecular flexibility index (Phi) is 4.05. The Morgan fingerprint density at radius 3 is 2.81 bits per heavy atom. The van der Waals surface area contributed by atoms with Gasteiger partial charge in [-0.1, -0.05) is 13.0 Å². The second-order valence-corrected chi connectivity index (χ2v) is 3.36. The first kappa shape index (κ1) is 12.2. The molecule has 0 unspecified atom stereocenters. The molecule has 0 aromatic carbocycles. The number of carbonyl (C=O) groups excluding carboxylic acids is 1. The average Bonchev–Trinajstić information content (AvgIpc) is 2.23. The molecular weight excluding hydrogens is 208 g/mol. The Bertz CT molecular complexity index is 468. The van der Waals surface area contributed by atoms with Crippen LogP contribution in [0.15, 0.2) is 33.2 Å². The summed E-state index contributed by atoms with van der Waals surface area (Å²) in [6.45, 7) is 5.13. The quantitative estimate of drug-likeness (QED) is 0.581. The molecule has 1 rings (SSSR count). The maximum atomic E-state index is 11.5. The molecule has 1 aromatic heterocycles. The van der Waals surface area contributed by atoms with Crippen molar-refractivity contribution in [3.05, 3.63) is 40.0 Å². The fraction of sp³-hybridized carbons (Fsp3) is 0.333. The SMILES string of the molecule is CC/C=C(\C)C(=O)Oc1c(C)occc1=O. The Morgan fingerprint density at radius 2 is 2.25 bits per heavy atom. The summed E-state index contributed by atoms with van der Waals surface area (Å²) in [5.41, 5.74) is 0.117. The number of hydrogen-bond acceptors (Lipinski definition) is 4. The maximum absolute atomic E-state index is 11.5. The van der Waals surface area contributed by atoms with Gasteiger partial charge in [0, 0.05) is 11.6 Å². The average molecular weight is 222 g/mol. The van der Waals surface area contributed by atoms with Crippen LogP contribution in [0.3, 0.4) is 0 Å². The van der Waals surface area contributed by atoms with E-state index in [1.807, 2.05) is 6.92 Å². The van der Waals surface area contributed by atoms with Gasteiger partial charge in [-0.05, 0) is 20.3 Å². The highest BCUT2D eigenvalue weighted by molar-refractivity contribution is 5.89. The molecule has 16 heavy (non-hydrogen) atoms. The van der Waals surface area contributed by atoms with E-state index in [0.717, 1.165) is 6.42 Å². The summed E-state index contributed by atoms with van der Waals surface area (Å²) < 4.78 is 9.96. The lowest BCUT2D eigenvalue weighted by Crippen LogP contribution is -2.15. The van der Waals surface area contributed by atoms with E-state index in [1.54, 1.807) is 19.9 Å². The van der Waals surface area contributed by atoms with Gasteiger partial charge in [0.2, 0.25) is 11.2 Å². The third-order valence-corrected chi connectivity index (χ3v) is 2.03. The highest BCUT2D eigenvalue weighted by Gasteiger charge is 2.13. The second kappa shape index (κ2) is 5.30. The van der Waals surface area contributed by atoms with E-state index in [9.17, 15) is 9.59 Å². The molecule has 0 radical (unpaired) electrons. The first-order chi connectivity index (χ1) is 7.56. The molecule has 4 heteroatoms. The Morgan fingerprint density at radius 1 is 1.56 bits per heavy atom. The zero-order valence-electron chi connectivity index (χ0n) is 9.57. The van der Waals surface area contributed by atoms with Gasteiger partial charge in [0.05, 0.1) is 6.26 Å². The summed E-state index contributed by atoms with van der Waals surface area (Å²) in [5.74, 6) is -0.273.